The zero-order chi connectivity index (χ0) is 58.8. The molecule has 0 fully saturated rings. The summed E-state index contributed by atoms with van der Waals surface area (Å²) < 4.78 is 15.6. The normalized spacial score (nSPS) is 11.3. The average Bonchev–Trinajstić information content (AvgIpc) is 1.90. The summed E-state index contributed by atoms with van der Waals surface area (Å²) in [5.74, 6) is 0.875. The number of benzene rings is 12. The number of para-hydroxylation sites is 6. The van der Waals surface area contributed by atoms with Crippen molar-refractivity contribution >= 4 is 138 Å². The molecule has 0 aliphatic heterocycles. The second-order valence-corrected chi connectivity index (χ2v) is 23.5. The van der Waals surface area contributed by atoms with Crippen LogP contribution < -0.4 is 4.74 Å². The smallest absolute Gasteiger partial charge is 0.119 e. The van der Waals surface area contributed by atoms with Crippen LogP contribution in [0.5, 0.6) is 5.75 Å². The lowest BCUT2D eigenvalue weighted by molar-refractivity contribution is 0.415. The van der Waals surface area contributed by atoms with Crippen LogP contribution in [0.1, 0.15) is 34.7 Å². The summed E-state index contributed by atoms with van der Waals surface area (Å²) in [4.78, 5) is 0. The SMILES string of the molecule is Brc1ccc(/C=C/c2ccc(-n3c4ccccc4c4ccccc43)cc2)cc1.Brc1ccc(/C=C\c2ccc(-n3c4ccccc4c4ccccc43)cc2)cc1.CCc1ccc(Br)cc1.COc1ccc(-n2c3ccccc3c3ccccc32)cc1. The van der Waals surface area contributed by atoms with E-state index in [1.54, 1.807) is 7.11 Å². The summed E-state index contributed by atoms with van der Waals surface area (Å²) >= 11 is 10.3. The Hall–Kier alpha value is -9.24. The predicted octanol–water partition coefficient (Wildman–Crippen LogP) is 23.2. The zero-order valence-corrected chi connectivity index (χ0v) is 52.4. The molecule has 12 aromatic carbocycles. The molecule has 418 valence electrons. The Morgan fingerprint density at radius 1 is 0.279 bits per heavy atom. The molecule has 15 aromatic rings. The minimum atomic E-state index is 0.875. The van der Waals surface area contributed by atoms with Crippen molar-refractivity contribution in [2.45, 2.75) is 13.3 Å². The molecule has 0 bridgehead atoms. The third kappa shape index (κ3) is 12.7. The van der Waals surface area contributed by atoms with Crippen LogP contribution in [0.3, 0.4) is 0 Å². The first kappa shape index (κ1) is 57.2. The van der Waals surface area contributed by atoms with Gasteiger partial charge in [-0.3, -0.25) is 0 Å². The molecule has 3 heterocycles. The highest BCUT2D eigenvalue weighted by molar-refractivity contribution is 9.11. The third-order valence-corrected chi connectivity index (χ3v) is 17.0. The molecule has 0 atom stereocenters. The van der Waals surface area contributed by atoms with E-state index in [1.165, 1.54) is 105 Å². The van der Waals surface area contributed by atoms with Crippen LogP contribution in [0, 0.1) is 0 Å². The summed E-state index contributed by atoms with van der Waals surface area (Å²) in [7, 11) is 1.69. The molecule has 86 heavy (non-hydrogen) atoms. The van der Waals surface area contributed by atoms with E-state index >= 15 is 0 Å². The van der Waals surface area contributed by atoms with Gasteiger partial charge in [0.05, 0.1) is 40.2 Å². The number of aryl methyl sites for hydroxylation is 1. The Morgan fingerprint density at radius 3 is 0.744 bits per heavy atom. The van der Waals surface area contributed by atoms with Crippen molar-refractivity contribution in [1.29, 1.82) is 0 Å². The second-order valence-electron chi connectivity index (χ2n) is 20.7. The summed E-state index contributed by atoms with van der Waals surface area (Å²) in [6.45, 7) is 2.16. The molecular formula is C79H60Br3N3O. The Kier molecular flexibility index (Phi) is 17.8. The molecule has 0 N–H and O–H groups in total. The molecule has 0 saturated heterocycles. The van der Waals surface area contributed by atoms with Crippen molar-refractivity contribution < 1.29 is 4.74 Å². The van der Waals surface area contributed by atoms with Crippen LogP contribution in [-0.4, -0.2) is 20.8 Å². The summed E-state index contributed by atoms with van der Waals surface area (Å²) in [5.41, 5.74) is 17.0. The van der Waals surface area contributed by atoms with Gasteiger partial charge in [-0.15, -0.1) is 0 Å². The van der Waals surface area contributed by atoms with Gasteiger partial charge >= 0.3 is 0 Å². The number of halogens is 3. The lowest BCUT2D eigenvalue weighted by Gasteiger charge is -2.08. The van der Waals surface area contributed by atoms with Crippen molar-refractivity contribution in [3.05, 3.63) is 332 Å². The van der Waals surface area contributed by atoms with Crippen LogP contribution in [0.25, 0.3) is 107 Å². The van der Waals surface area contributed by atoms with Crippen molar-refractivity contribution in [2.75, 3.05) is 7.11 Å². The van der Waals surface area contributed by atoms with E-state index in [4.69, 9.17) is 4.74 Å². The quantitative estimate of drug-likeness (QED) is 0.132. The maximum atomic E-state index is 5.25. The molecule has 0 aliphatic rings. The number of hydrogen-bond acceptors (Lipinski definition) is 1. The van der Waals surface area contributed by atoms with Crippen LogP contribution in [0.15, 0.2) is 305 Å². The minimum absolute atomic E-state index is 0.875. The van der Waals surface area contributed by atoms with Crippen LogP contribution >= 0.6 is 47.8 Å². The maximum Gasteiger partial charge on any atom is 0.119 e. The van der Waals surface area contributed by atoms with Crippen molar-refractivity contribution in [2.24, 2.45) is 0 Å². The van der Waals surface area contributed by atoms with E-state index in [-0.39, 0.29) is 0 Å². The molecule has 7 heteroatoms. The molecule has 15 rings (SSSR count). The molecule has 0 radical (unpaired) electrons. The fraction of sp³-hybridized carbons (Fsp3) is 0.0380. The summed E-state index contributed by atoms with van der Waals surface area (Å²) in [6.07, 6.45) is 9.70. The van der Waals surface area contributed by atoms with Gasteiger partial charge in [0.1, 0.15) is 5.75 Å². The molecule has 0 unspecified atom stereocenters. The van der Waals surface area contributed by atoms with Gasteiger partial charge < -0.3 is 18.4 Å². The van der Waals surface area contributed by atoms with Gasteiger partial charge in [0.25, 0.3) is 0 Å². The topological polar surface area (TPSA) is 24.0 Å². The van der Waals surface area contributed by atoms with Gasteiger partial charge in [0.2, 0.25) is 0 Å². The number of rotatable bonds is 9. The van der Waals surface area contributed by atoms with E-state index in [1.807, 2.05) is 12.1 Å². The van der Waals surface area contributed by atoms with E-state index in [0.29, 0.717) is 0 Å². The second kappa shape index (κ2) is 26.8. The standard InChI is InChI=1S/2C26H18BrN.C19H15NO.C8H9Br/c2*27-21-15-11-19(12-16-21)9-10-20-13-17-22(18-14-20)28-25-7-3-1-5-23(25)24-6-2-4-8-26(24)28;1-21-15-12-10-14(11-13-15)20-18-8-4-2-6-16(18)17-7-3-5-9-19(17)20;1-2-7-3-5-8(9)6-4-7/h2*1-18H;2-13H,1H3;3-6H,2H2,1H3/b10-9+;10-9-;;. The van der Waals surface area contributed by atoms with Gasteiger partial charge in [-0.2, -0.15) is 0 Å². The van der Waals surface area contributed by atoms with Gasteiger partial charge in [0.15, 0.2) is 0 Å². The molecule has 0 spiro atoms. The van der Waals surface area contributed by atoms with Crippen LogP contribution in [-0.2, 0) is 6.42 Å². The fourth-order valence-electron chi connectivity index (χ4n) is 11.1. The number of hydrogen-bond donors (Lipinski definition) is 0. The first-order chi connectivity index (χ1) is 42.3. The minimum Gasteiger partial charge on any atom is -0.497 e. The predicted molar refractivity (Wildman–Crippen MR) is 379 cm³/mol. The van der Waals surface area contributed by atoms with Gasteiger partial charge in [-0.05, 0) is 156 Å². The molecule has 0 amide bonds. The monoisotopic (exact) mass is 1300 g/mol. The third-order valence-electron chi connectivity index (χ3n) is 15.4. The Bertz CT molecular complexity index is 4450. The van der Waals surface area contributed by atoms with Crippen molar-refractivity contribution in [3.63, 3.8) is 0 Å². The Labute approximate surface area is 527 Å². The molecule has 3 aromatic heterocycles. The Balaban J connectivity index is 0.000000119. The molecule has 0 saturated carbocycles. The first-order valence-electron chi connectivity index (χ1n) is 28.7. The average molecular weight is 1310 g/mol. The molecule has 4 nitrogen and oxygen atoms in total. The zero-order valence-electron chi connectivity index (χ0n) is 47.6. The first-order valence-corrected chi connectivity index (χ1v) is 31.1. The highest BCUT2D eigenvalue weighted by atomic mass is 79.9. The number of nitrogens with zero attached hydrogens (tertiary/aromatic N) is 3. The van der Waals surface area contributed by atoms with Gasteiger partial charge in [0, 0.05) is 62.8 Å². The van der Waals surface area contributed by atoms with Crippen LogP contribution in [0.2, 0.25) is 0 Å². The van der Waals surface area contributed by atoms with E-state index < -0.39 is 0 Å². The van der Waals surface area contributed by atoms with E-state index in [0.717, 1.165) is 31.3 Å². The highest BCUT2D eigenvalue weighted by Crippen LogP contribution is 2.35. The maximum absolute atomic E-state index is 5.25. The highest BCUT2D eigenvalue weighted by Gasteiger charge is 2.14. The van der Waals surface area contributed by atoms with E-state index in [9.17, 15) is 0 Å². The lowest BCUT2D eigenvalue weighted by atomic mass is 10.1. The van der Waals surface area contributed by atoms with E-state index in [2.05, 4.69) is 372 Å². The number of fused-ring (bicyclic) bond motifs is 9. The van der Waals surface area contributed by atoms with Crippen molar-refractivity contribution in [1.82, 2.24) is 13.7 Å². The fourth-order valence-corrected chi connectivity index (χ4v) is 11.8. The number of aromatic nitrogens is 3. The van der Waals surface area contributed by atoms with Gasteiger partial charge in [-0.1, -0.05) is 249 Å². The van der Waals surface area contributed by atoms with Crippen LogP contribution in [0.4, 0.5) is 0 Å². The summed E-state index contributed by atoms with van der Waals surface area (Å²) in [6, 6.07) is 102. The number of methoxy groups -OCH3 is 1. The molecule has 0 aliphatic carbocycles. The van der Waals surface area contributed by atoms with Crippen molar-refractivity contribution in [3.8, 4) is 22.8 Å². The Morgan fingerprint density at radius 2 is 0.500 bits per heavy atom. The largest absolute Gasteiger partial charge is 0.497 e. The lowest BCUT2D eigenvalue weighted by Crippen LogP contribution is -1.93. The molecular weight excluding hydrogens is 1250 g/mol. The van der Waals surface area contributed by atoms with Gasteiger partial charge in [-0.25, -0.2) is 0 Å². The number of ether oxygens (including phenoxy) is 1. The summed E-state index contributed by atoms with van der Waals surface area (Å²) in [5, 5.41) is 7.72.